The van der Waals surface area contributed by atoms with Crippen LogP contribution in [-0.4, -0.2) is 22.8 Å². The highest BCUT2D eigenvalue weighted by molar-refractivity contribution is 6.14. The Morgan fingerprint density at radius 3 is 1.05 bits per heavy atom. The first kappa shape index (κ1) is 21.3. The van der Waals surface area contributed by atoms with Gasteiger partial charge in [-0.05, 0) is 102 Å². The Morgan fingerprint density at radius 2 is 0.703 bits per heavy atom. The minimum absolute atomic E-state index is 0.894. The van der Waals surface area contributed by atoms with Crippen molar-refractivity contribution >= 4 is 22.8 Å². The van der Waals surface area contributed by atoms with Crippen molar-refractivity contribution in [1.82, 2.24) is 0 Å². The van der Waals surface area contributed by atoms with Crippen molar-refractivity contribution in [1.29, 1.82) is 0 Å². The van der Waals surface area contributed by atoms with Crippen LogP contribution in [-0.2, 0) is 6.42 Å². The first-order valence-corrected chi connectivity index (χ1v) is 12.4. The van der Waals surface area contributed by atoms with E-state index in [2.05, 4.69) is 68.5 Å². The predicted molar refractivity (Wildman–Crippen MR) is 153 cm³/mol. The van der Waals surface area contributed by atoms with E-state index in [1.807, 2.05) is 72.9 Å². The van der Waals surface area contributed by atoms with Crippen LogP contribution in [0, 0.1) is 0 Å². The summed E-state index contributed by atoms with van der Waals surface area (Å²) in [6, 6.07) is 17.3. The second-order valence-corrected chi connectivity index (χ2v) is 9.25. The summed E-state index contributed by atoms with van der Waals surface area (Å²) in [5.74, 6) is 0. The predicted octanol–water partition coefficient (Wildman–Crippen LogP) is 6.84. The summed E-state index contributed by atoms with van der Waals surface area (Å²) < 4.78 is 0. The van der Waals surface area contributed by atoms with Gasteiger partial charge in [0.2, 0.25) is 0 Å². The van der Waals surface area contributed by atoms with Gasteiger partial charge in [-0.3, -0.25) is 0 Å². The minimum atomic E-state index is 0.894. The molecule has 0 saturated heterocycles. The number of allylic oxidation sites excluding steroid dienone is 12. The molecular weight excluding hydrogens is 452 g/mol. The van der Waals surface area contributed by atoms with Crippen molar-refractivity contribution < 1.29 is 0 Å². The molecule has 0 saturated carbocycles. The SMILES string of the molecule is C1=CC2=NC1=CC1=NC(=CC3=NC(=CC4=NC(=C2)C=C4)C=C3)C=C1.c1ccc2c(c1)Cc1ccccc1-2. The zero-order chi connectivity index (χ0) is 24.6. The van der Waals surface area contributed by atoms with E-state index in [1.54, 1.807) is 0 Å². The molecule has 2 aromatic carbocycles. The molecule has 0 N–H and O–H groups in total. The second kappa shape index (κ2) is 8.92. The summed E-state index contributed by atoms with van der Waals surface area (Å²) >= 11 is 0. The van der Waals surface area contributed by atoms with Gasteiger partial charge in [-0.15, -0.1) is 0 Å². The maximum Gasteiger partial charge on any atom is 0.0659 e. The summed E-state index contributed by atoms with van der Waals surface area (Å²) in [5, 5.41) is 0. The highest BCUT2D eigenvalue weighted by atomic mass is 14.8. The molecule has 6 aliphatic rings. The van der Waals surface area contributed by atoms with Crippen molar-refractivity contribution in [3.05, 3.63) is 155 Å². The normalized spacial score (nSPS) is 19.0. The van der Waals surface area contributed by atoms with Crippen LogP contribution in [0.3, 0.4) is 0 Å². The summed E-state index contributed by atoms with van der Waals surface area (Å²) in [6.45, 7) is 0. The lowest BCUT2D eigenvalue weighted by molar-refractivity contribution is 1.26. The molecular formula is C33H22N4. The van der Waals surface area contributed by atoms with Gasteiger partial charge in [0.15, 0.2) is 0 Å². The van der Waals surface area contributed by atoms with Gasteiger partial charge in [0.05, 0.1) is 45.6 Å². The van der Waals surface area contributed by atoms with Gasteiger partial charge in [0.25, 0.3) is 0 Å². The smallest absolute Gasteiger partial charge is 0.0659 e. The van der Waals surface area contributed by atoms with Crippen molar-refractivity contribution in [2.75, 3.05) is 0 Å². The van der Waals surface area contributed by atoms with E-state index < -0.39 is 0 Å². The Morgan fingerprint density at radius 1 is 0.378 bits per heavy atom. The second-order valence-electron chi connectivity index (χ2n) is 9.25. The van der Waals surface area contributed by atoms with Crippen molar-refractivity contribution in [3.63, 3.8) is 0 Å². The molecule has 5 aliphatic heterocycles. The first-order valence-electron chi connectivity index (χ1n) is 12.4. The minimum Gasteiger partial charge on any atom is -0.249 e. The number of aliphatic imine (C=N–C) groups is 4. The van der Waals surface area contributed by atoms with Crippen LogP contribution in [0.25, 0.3) is 11.1 Å². The maximum atomic E-state index is 4.59. The van der Waals surface area contributed by atoms with Gasteiger partial charge in [-0.1, -0.05) is 48.5 Å². The number of benzene rings is 2. The number of rotatable bonds is 0. The third-order valence-electron chi connectivity index (χ3n) is 6.62. The van der Waals surface area contributed by atoms with E-state index in [1.165, 1.54) is 22.3 Å². The molecule has 8 rings (SSSR count). The van der Waals surface area contributed by atoms with Crippen LogP contribution in [0.15, 0.2) is 164 Å². The van der Waals surface area contributed by atoms with Crippen LogP contribution < -0.4 is 0 Å². The third-order valence-corrected chi connectivity index (χ3v) is 6.62. The monoisotopic (exact) mass is 474 g/mol. The largest absolute Gasteiger partial charge is 0.249 e. The molecule has 0 unspecified atom stereocenters. The standard InChI is InChI=1S/C20H12N4.C13H10/c1-2-14-10-16-5-6-18(23-16)12-20-8-7-19(24-20)11-17-4-3-15(22-17)9-13(1)21-14;1-3-7-12-10(5-1)9-11-6-2-4-8-13(11)12/h1-12H;1-8H,9H2. The van der Waals surface area contributed by atoms with Crippen molar-refractivity contribution in [2.45, 2.75) is 6.42 Å². The molecule has 5 heterocycles. The van der Waals surface area contributed by atoms with E-state index >= 15 is 0 Å². The number of hydrogen-bond acceptors (Lipinski definition) is 4. The lowest BCUT2D eigenvalue weighted by Gasteiger charge is -1.98. The fourth-order valence-corrected chi connectivity index (χ4v) is 4.91. The van der Waals surface area contributed by atoms with E-state index in [0.717, 1.165) is 52.1 Å². The van der Waals surface area contributed by atoms with E-state index in [9.17, 15) is 0 Å². The molecule has 0 radical (unpaired) electrons. The summed E-state index contributed by atoms with van der Waals surface area (Å²) in [6.07, 6.45) is 24.9. The van der Waals surface area contributed by atoms with E-state index in [0.29, 0.717) is 0 Å². The number of nitrogens with zero attached hydrogens (tertiary/aromatic N) is 4. The highest BCUT2D eigenvalue weighted by Crippen LogP contribution is 2.35. The van der Waals surface area contributed by atoms with Crippen LogP contribution in [0.2, 0.25) is 0 Å². The Hall–Kier alpha value is -4.96. The van der Waals surface area contributed by atoms with Gasteiger partial charge in [0.1, 0.15) is 0 Å². The van der Waals surface area contributed by atoms with Gasteiger partial charge in [-0.2, -0.15) is 0 Å². The Balaban J connectivity index is 0.000000149. The van der Waals surface area contributed by atoms with Crippen molar-refractivity contribution in [3.8, 4) is 11.1 Å². The lowest BCUT2D eigenvalue weighted by atomic mass is 10.1. The van der Waals surface area contributed by atoms with Crippen LogP contribution >= 0.6 is 0 Å². The van der Waals surface area contributed by atoms with Crippen molar-refractivity contribution in [2.24, 2.45) is 20.0 Å². The summed E-state index contributed by atoms with van der Waals surface area (Å²) in [4.78, 5) is 18.4. The molecule has 174 valence electrons. The van der Waals surface area contributed by atoms with Gasteiger partial charge < -0.3 is 0 Å². The Labute approximate surface area is 215 Å². The molecule has 8 bridgehead atoms. The van der Waals surface area contributed by atoms with Gasteiger partial charge in [0, 0.05) is 0 Å². The number of hydrogen-bond donors (Lipinski definition) is 0. The fraction of sp³-hybridized carbons (Fsp3) is 0.0303. The third kappa shape index (κ3) is 4.41. The first-order chi connectivity index (χ1) is 18.2. The van der Waals surface area contributed by atoms with Crippen LogP contribution in [0.4, 0.5) is 0 Å². The molecule has 4 nitrogen and oxygen atoms in total. The summed E-state index contributed by atoms with van der Waals surface area (Å²) in [7, 11) is 0. The van der Waals surface area contributed by atoms with Crippen LogP contribution in [0.5, 0.6) is 0 Å². The fourth-order valence-electron chi connectivity index (χ4n) is 4.91. The molecule has 1 aliphatic carbocycles. The molecule has 4 heteroatoms. The quantitative estimate of drug-likeness (QED) is 0.343. The maximum absolute atomic E-state index is 4.59. The average Bonchev–Trinajstić information content (AvgIpc) is 3.73. The number of fused-ring (bicyclic) bond motifs is 7. The topological polar surface area (TPSA) is 49.4 Å². The molecule has 0 fully saturated rings. The zero-order valence-electron chi connectivity index (χ0n) is 20.0. The zero-order valence-corrected chi connectivity index (χ0v) is 20.0. The van der Waals surface area contributed by atoms with Gasteiger partial charge in [-0.25, -0.2) is 20.0 Å². The molecule has 37 heavy (non-hydrogen) atoms. The molecule has 2 aromatic rings. The molecule has 0 aromatic heterocycles. The Kier molecular flexibility index (Phi) is 5.14. The van der Waals surface area contributed by atoms with Crippen LogP contribution in [0.1, 0.15) is 11.1 Å². The molecule has 0 atom stereocenters. The summed E-state index contributed by atoms with van der Waals surface area (Å²) in [5.41, 5.74) is 12.9. The molecule has 0 amide bonds. The van der Waals surface area contributed by atoms with E-state index in [-0.39, 0.29) is 0 Å². The lowest BCUT2D eigenvalue weighted by Crippen LogP contribution is -1.89. The van der Waals surface area contributed by atoms with E-state index in [4.69, 9.17) is 0 Å². The van der Waals surface area contributed by atoms with Gasteiger partial charge >= 0.3 is 0 Å². The molecule has 0 spiro atoms. The highest BCUT2D eigenvalue weighted by Gasteiger charge is 2.16. The Bertz CT molecular complexity index is 1490. The average molecular weight is 475 g/mol.